The molecule has 0 aliphatic heterocycles. The maximum Gasteiger partial charge on any atom is 0.123 e. The zero-order valence-electron chi connectivity index (χ0n) is 13.3. The van der Waals surface area contributed by atoms with Gasteiger partial charge in [-0.1, -0.05) is 65.0 Å². The molecular formula is C19H26O. The summed E-state index contributed by atoms with van der Waals surface area (Å²) in [5, 5.41) is 12.2. The number of hydrogen-bond donors (Lipinski definition) is 1. The van der Waals surface area contributed by atoms with Gasteiger partial charge in [0.05, 0.1) is 0 Å². The van der Waals surface area contributed by atoms with Gasteiger partial charge in [-0.25, -0.2) is 0 Å². The summed E-state index contributed by atoms with van der Waals surface area (Å²) in [4.78, 5) is 0. The number of hydrogen-bond acceptors (Lipinski definition) is 1. The first kappa shape index (κ1) is 14.9. The van der Waals surface area contributed by atoms with Crippen LogP contribution >= 0.6 is 0 Å². The Bertz CT molecular complexity index is 590. The lowest BCUT2D eigenvalue weighted by Gasteiger charge is -2.30. The molecule has 0 spiro atoms. The molecule has 1 N–H and O–H groups in total. The fourth-order valence-corrected chi connectivity index (χ4v) is 3.01. The summed E-state index contributed by atoms with van der Waals surface area (Å²) in [5.74, 6) is 1.48. The van der Waals surface area contributed by atoms with Crippen molar-refractivity contribution < 1.29 is 5.11 Å². The number of fused-ring (bicyclic) bond motifs is 1. The van der Waals surface area contributed by atoms with Crippen LogP contribution in [0.25, 0.3) is 10.8 Å². The average Bonchev–Trinajstić information content (AvgIpc) is 2.35. The lowest BCUT2D eigenvalue weighted by atomic mass is 9.75. The molecule has 0 bridgehead atoms. The van der Waals surface area contributed by atoms with E-state index in [9.17, 15) is 5.11 Å². The molecule has 20 heavy (non-hydrogen) atoms. The Morgan fingerprint density at radius 1 is 0.950 bits per heavy atom. The average molecular weight is 270 g/mol. The third-order valence-corrected chi connectivity index (χ3v) is 3.97. The van der Waals surface area contributed by atoms with E-state index < -0.39 is 0 Å². The summed E-state index contributed by atoms with van der Waals surface area (Å²) in [6.07, 6.45) is 1.15. The topological polar surface area (TPSA) is 20.2 Å². The van der Waals surface area contributed by atoms with E-state index in [1.807, 2.05) is 12.1 Å². The molecule has 2 rings (SSSR count). The van der Waals surface area contributed by atoms with Crippen molar-refractivity contribution in [3.63, 3.8) is 0 Å². The highest BCUT2D eigenvalue weighted by molar-refractivity contribution is 5.91. The van der Waals surface area contributed by atoms with Gasteiger partial charge in [-0.15, -0.1) is 0 Å². The Hall–Kier alpha value is -1.50. The van der Waals surface area contributed by atoms with Gasteiger partial charge >= 0.3 is 0 Å². The number of benzene rings is 2. The van der Waals surface area contributed by atoms with Gasteiger partial charge < -0.3 is 5.11 Å². The third-order valence-electron chi connectivity index (χ3n) is 3.97. The van der Waals surface area contributed by atoms with E-state index in [0.717, 1.165) is 11.8 Å². The highest BCUT2D eigenvalue weighted by atomic mass is 16.3. The van der Waals surface area contributed by atoms with E-state index in [0.29, 0.717) is 23.0 Å². The predicted octanol–water partition coefficient (Wildman–Crippen LogP) is 5.72. The molecule has 1 atom stereocenters. The quantitative estimate of drug-likeness (QED) is 0.756. The second-order valence-electron chi connectivity index (χ2n) is 7.33. The summed E-state index contributed by atoms with van der Waals surface area (Å²) < 4.78 is 0. The Balaban J connectivity index is 2.57. The lowest BCUT2D eigenvalue weighted by molar-refractivity contribution is 0.302. The molecule has 2 aromatic carbocycles. The van der Waals surface area contributed by atoms with Gasteiger partial charge in [-0.2, -0.15) is 0 Å². The van der Waals surface area contributed by atoms with Crippen molar-refractivity contribution in [2.45, 2.75) is 47.0 Å². The Morgan fingerprint density at radius 3 is 2.15 bits per heavy atom. The molecule has 0 saturated heterocycles. The van der Waals surface area contributed by atoms with E-state index in [-0.39, 0.29) is 0 Å². The molecule has 1 unspecified atom stereocenters. The Morgan fingerprint density at radius 2 is 1.55 bits per heavy atom. The van der Waals surface area contributed by atoms with E-state index in [1.165, 1.54) is 10.9 Å². The van der Waals surface area contributed by atoms with Crippen molar-refractivity contribution >= 4 is 10.8 Å². The van der Waals surface area contributed by atoms with Gasteiger partial charge in [-0.3, -0.25) is 0 Å². The molecule has 108 valence electrons. The van der Waals surface area contributed by atoms with Crippen molar-refractivity contribution in [2.24, 2.45) is 11.3 Å². The van der Waals surface area contributed by atoms with Gasteiger partial charge in [0.25, 0.3) is 0 Å². The molecule has 1 nitrogen and oxygen atoms in total. The molecule has 0 aromatic heterocycles. The smallest absolute Gasteiger partial charge is 0.123 e. The molecule has 0 fully saturated rings. The number of rotatable bonds is 3. The fraction of sp³-hybridized carbons (Fsp3) is 0.474. The van der Waals surface area contributed by atoms with Crippen LogP contribution in [0.1, 0.15) is 52.5 Å². The van der Waals surface area contributed by atoms with Crippen LogP contribution in [-0.2, 0) is 0 Å². The largest absolute Gasteiger partial charge is 0.507 e. The predicted molar refractivity (Wildman–Crippen MR) is 87.3 cm³/mol. The second-order valence-corrected chi connectivity index (χ2v) is 7.33. The summed E-state index contributed by atoms with van der Waals surface area (Å²) >= 11 is 0. The van der Waals surface area contributed by atoms with Gasteiger partial charge in [-0.05, 0) is 40.7 Å². The van der Waals surface area contributed by atoms with Crippen molar-refractivity contribution in [3.8, 4) is 5.75 Å². The summed E-state index contributed by atoms with van der Waals surface area (Å²) in [6.45, 7) is 11.5. The van der Waals surface area contributed by atoms with Gasteiger partial charge in [0.2, 0.25) is 0 Å². The minimum Gasteiger partial charge on any atom is -0.507 e. The minimum absolute atomic E-state index is 0.300. The molecule has 0 amide bonds. The Labute approximate surface area is 122 Å². The van der Waals surface area contributed by atoms with Crippen LogP contribution in [0.15, 0.2) is 36.4 Å². The monoisotopic (exact) mass is 270 g/mol. The Kier molecular flexibility index (Phi) is 4.08. The standard InChI is InChI=1S/C19H26O/c1-13(2)17(12-19(3,4)5)15-8-6-10-16-14(15)9-7-11-18(16)20/h6-11,13,17,20H,12H2,1-5H3. The van der Waals surface area contributed by atoms with Crippen molar-refractivity contribution in [1.82, 2.24) is 0 Å². The third kappa shape index (κ3) is 3.15. The highest BCUT2D eigenvalue weighted by Gasteiger charge is 2.24. The van der Waals surface area contributed by atoms with E-state index >= 15 is 0 Å². The first-order valence-electron chi connectivity index (χ1n) is 7.50. The van der Waals surface area contributed by atoms with Crippen LogP contribution in [0.3, 0.4) is 0 Å². The summed E-state index contributed by atoms with van der Waals surface area (Å²) in [7, 11) is 0. The van der Waals surface area contributed by atoms with Crippen LogP contribution in [0.5, 0.6) is 5.75 Å². The van der Waals surface area contributed by atoms with Crippen LogP contribution in [-0.4, -0.2) is 5.11 Å². The van der Waals surface area contributed by atoms with E-state index in [2.05, 4.69) is 52.8 Å². The van der Waals surface area contributed by atoms with Crippen LogP contribution in [0, 0.1) is 11.3 Å². The SMILES string of the molecule is CC(C)C(CC(C)(C)C)c1cccc2c(O)cccc12. The number of phenols is 1. The zero-order chi connectivity index (χ0) is 14.9. The molecule has 0 aliphatic carbocycles. The molecule has 2 aromatic rings. The molecular weight excluding hydrogens is 244 g/mol. The molecule has 1 heteroatoms. The minimum atomic E-state index is 0.300. The van der Waals surface area contributed by atoms with Crippen LogP contribution in [0.2, 0.25) is 0 Å². The number of phenolic OH excluding ortho intramolecular Hbond substituents is 1. The maximum absolute atomic E-state index is 10.0. The van der Waals surface area contributed by atoms with Crippen molar-refractivity contribution in [2.75, 3.05) is 0 Å². The zero-order valence-corrected chi connectivity index (χ0v) is 13.3. The maximum atomic E-state index is 10.0. The van der Waals surface area contributed by atoms with Gasteiger partial charge in [0.1, 0.15) is 5.75 Å². The molecule has 0 heterocycles. The fourth-order valence-electron chi connectivity index (χ4n) is 3.01. The van der Waals surface area contributed by atoms with E-state index in [4.69, 9.17) is 0 Å². The summed E-state index contributed by atoms with van der Waals surface area (Å²) in [6, 6.07) is 12.1. The first-order valence-corrected chi connectivity index (χ1v) is 7.50. The number of aromatic hydroxyl groups is 1. The molecule has 0 radical (unpaired) electrons. The van der Waals surface area contributed by atoms with E-state index in [1.54, 1.807) is 6.07 Å². The van der Waals surface area contributed by atoms with Crippen LogP contribution in [0.4, 0.5) is 0 Å². The van der Waals surface area contributed by atoms with Crippen molar-refractivity contribution in [3.05, 3.63) is 42.0 Å². The lowest BCUT2D eigenvalue weighted by Crippen LogP contribution is -2.16. The first-order chi connectivity index (χ1) is 9.29. The molecule has 0 aliphatic rings. The van der Waals surface area contributed by atoms with Gasteiger partial charge in [0, 0.05) is 5.39 Å². The highest BCUT2D eigenvalue weighted by Crippen LogP contribution is 2.40. The molecule has 0 saturated carbocycles. The van der Waals surface area contributed by atoms with Gasteiger partial charge in [0.15, 0.2) is 0 Å². The summed E-state index contributed by atoms with van der Waals surface area (Å²) in [5.41, 5.74) is 1.66. The van der Waals surface area contributed by atoms with Crippen LogP contribution < -0.4 is 0 Å². The van der Waals surface area contributed by atoms with Crippen molar-refractivity contribution in [1.29, 1.82) is 0 Å². The normalized spacial score (nSPS) is 13.9. The second kappa shape index (κ2) is 5.47.